The highest BCUT2D eigenvalue weighted by Crippen LogP contribution is 2.47. The van der Waals surface area contributed by atoms with E-state index in [2.05, 4.69) is 18.3 Å². The molecule has 104 valence electrons. The number of aliphatic hydroxyl groups excluding tert-OH is 2. The number of rotatable bonds is 1. The van der Waals surface area contributed by atoms with Crippen LogP contribution in [-0.4, -0.2) is 22.4 Å². The van der Waals surface area contributed by atoms with Gasteiger partial charge in [0, 0.05) is 5.92 Å². The second kappa shape index (κ2) is 5.85. The van der Waals surface area contributed by atoms with Crippen molar-refractivity contribution in [3.8, 4) is 11.8 Å². The summed E-state index contributed by atoms with van der Waals surface area (Å²) < 4.78 is 0. The molecule has 5 atom stereocenters. The Labute approximate surface area is 116 Å². The minimum absolute atomic E-state index is 0.0678. The topological polar surface area (TPSA) is 40.5 Å². The number of fused-ring (bicyclic) bond motifs is 1. The molecule has 2 heteroatoms. The third kappa shape index (κ3) is 2.83. The third-order valence-corrected chi connectivity index (χ3v) is 5.28. The van der Waals surface area contributed by atoms with Crippen LogP contribution in [0.1, 0.15) is 51.4 Å². The Morgan fingerprint density at radius 1 is 1.05 bits per heavy atom. The summed E-state index contributed by atoms with van der Waals surface area (Å²) in [5, 5.41) is 20.3. The molecule has 0 bridgehead atoms. The van der Waals surface area contributed by atoms with Gasteiger partial charge in [0.15, 0.2) is 0 Å². The van der Waals surface area contributed by atoms with Crippen molar-refractivity contribution < 1.29 is 10.2 Å². The monoisotopic (exact) mass is 260 g/mol. The van der Waals surface area contributed by atoms with Crippen LogP contribution in [0.3, 0.4) is 0 Å². The van der Waals surface area contributed by atoms with Crippen molar-refractivity contribution in [3.63, 3.8) is 0 Å². The van der Waals surface area contributed by atoms with Crippen molar-refractivity contribution >= 4 is 0 Å². The fraction of sp³-hybridized carbons (Fsp3) is 0.824. The first-order valence-corrected chi connectivity index (χ1v) is 7.86. The Balaban J connectivity index is 1.61. The molecule has 2 radical (unpaired) electrons. The van der Waals surface area contributed by atoms with E-state index < -0.39 is 6.10 Å². The van der Waals surface area contributed by atoms with Crippen molar-refractivity contribution in [1.29, 1.82) is 0 Å². The van der Waals surface area contributed by atoms with Gasteiger partial charge in [-0.1, -0.05) is 31.1 Å². The Morgan fingerprint density at radius 2 is 1.84 bits per heavy atom. The Bertz CT molecular complexity index is 361. The molecule has 0 aromatic carbocycles. The number of hydrogen-bond donors (Lipinski definition) is 2. The van der Waals surface area contributed by atoms with E-state index in [0.29, 0.717) is 17.8 Å². The summed E-state index contributed by atoms with van der Waals surface area (Å²) >= 11 is 0. The Kier molecular flexibility index (Phi) is 4.15. The van der Waals surface area contributed by atoms with Crippen LogP contribution in [-0.2, 0) is 0 Å². The van der Waals surface area contributed by atoms with Crippen LogP contribution in [0.15, 0.2) is 0 Å². The van der Waals surface area contributed by atoms with Gasteiger partial charge >= 0.3 is 0 Å². The summed E-state index contributed by atoms with van der Waals surface area (Å²) in [6, 6.07) is 0. The van der Waals surface area contributed by atoms with Gasteiger partial charge in [0.05, 0.1) is 6.10 Å². The molecule has 3 fully saturated rings. The SMILES string of the molecule is O[C@H](C#C[C@H]1[C@@H]2C[C][C@@H]2CC[C@@H]1O)C1CCCCC1. The maximum Gasteiger partial charge on any atom is 0.117 e. The summed E-state index contributed by atoms with van der Waals surface area (Å²) in [4.78, 5) is 0. The standard InChI is InChI=1S/C17H24O2/c18-16(13-4-2-1-3-5-13)11-9-15-14-8-6-12(14)7-10-17(15)19/h12-19H,1-5,7-8,10H2/t12-,14-,15+,16-,17+/m1/s1. The van der Waals surface area contributed by atoms with E-state index in [1.807, 2.05) is 0 Å². The van der Waals surface area contributed by atoms with Gasteiger partial charge in [-0.25, -0.2) is 0 Å². The molecule has 3 saturated carbocycles. The summed E-state index contributed by atoms with van der Waals surface area (Å²) in [7, 11) is 0. The van der Waals surface area contributed by atoms with Gasteiger partial charge < -0.3 is 10.2 Å². The largest absolute Gasteiger partial charge is 0.392 e. The van der Waals surface area contributed by atoms with E-state index >= 15 is 0 Å². The second-order valence-corrected chi connectivity index (χ2v) is 6.48. The molecule has 0 unspecified atom stereocenters. The summed E-state index contributed by atoms with van der Waals surface area (Å²) in [5.41, 5.74) is 0. The van der Waals surface area contributed by atoms with Crippen molar-refractivity contribution in [2.24, 2.45) is 23.7 Å². The molecule has 3 aliphatic carbocycles. The van der Waals surface area contributed by atoms with Crippen LogP contribution in [0.25, 0.3) is 0 Å². The summed E-state index contributed by atoms with van der Waals surface area (Å²) in [5.74, 6) is 7.74. The maximum absolute atomic E-state index is 10.2. The fourth-order valence-electron chi connectivity index (χ4n) is 3.88. The number of hydrogen-bond acceptors (Lipinski definition) is 2. The van der Waals surface area contributed by atoms with Crippen LogP contribution in [0, 0.1) is 41.9 Å². The first-order valence-electron chi connectivity index (χ1n) is 7.86. The molecule has 0 aliphatic heterocycles. The quantitative estimate of drug-likeness (QED) is 0.711. The average Bonchev–Trinajstić information content (AvgIpc) is 2.41. The molecule has 2 nitrogen and oxygen atoms in total. The highest BCUT2D eigenvalue weighted by molar-refractivity contribution is 5.17. The molecule has 2 N–H and O–H groups in total. The summed E-state index contributed by atoms with van der Waals surface area (Å²) in [6.45, 7) is 0. The van der Waals surface area contributed by atoms with Crippen LogP contribution in [0.2, 0.25) is 0 Å². The van der Waals surface area contributed by atoms with E-state index in [0.717, 1.165) is 32.1 Å². The van der Waals surface area contributed by atoms with Gasteiger partial charge in [-0.05, 0) is 56.3 Å². The highest BCUT2D eigenvalue weighted by Gasteiger charge is 2.43. The smallest absolute Gasteiger partial charge is 0.117 e. The van der Waals surface area contributed by atoms with Gasteiger partial charge in [0.2, 0.25) is 0 Å². The van der Waals surface area contributed by atoms with Gasteiger partial charge in [0.25, 0.3) is 0 Å². The summed E-state index contributed by atoms with van der Waals surface area (Å²) in [6.07, 6.45) is 11.5. The molecule has 0 aromatic heterocycles. The van der Waals surface area contributed by atoms with E-state index in [-0.39, 0.29) is 12.0 Å². The van der Waals surface area contributed by atoms with Crippen LogP contribution in [0.4, 0.5) is 0 Å². The fourth-order valence-corrected chi connectivity index (χ4v) is 3.88. The van der Waals surface area contributed by atoms with Crippen molar-refractivity contribution in [2.45, 2.75) is 63.6 Å². The molecule has 3 aliphatic rings. The molecule has 0 heterocycles. The molecule has 0 saturated heterocycles. The molecule has 19 heavy (non-hydrogen) atoms. The maximum atomic E-state index is 10.2. The Morgan fingerprint density at radius 3 is 2.53 bits per heavy atom. The van der Waals surface area contributed by atoms with Crippen LogP contribution < -0.4 is 0 Å². The van der Waals surface area contributed by atoms with Crippen molar-refractivity contribution in [1.82, 2.24) is 0 Å². The molecule has 0 aromatic rings. The zero-order valence-corrected chi connectivity index (χ0v) is 11.5. The predicted molar refractivity (Wildman–Crippen MR) is 73.9 cm³/mol. The van der Waals surface area contributed by atoms with Crippen LogP contribution >= 0.6 is 0 Å². The minimum Gasteiger partial charge on any atom is -0.392 e. The van der Waals surface area contributed by atoms with E-state index in [9.17, 15) is 10.2 Å². The second-order valence-electron chi connectivity index (χ2n) is 6.48. The van der Waals surface area contributed by atoms with Crippen LogP contribution in [0.5, 0.6) is 0 Å². The molecular formula is C17H24O2. The van der Waals surface area contributed by atoms with E-state index in [1.165, 1.54) is 19.3 Å². The molecular weight excluding hydrogens is 236 g/mol. The van der Waals surface area contributed by atoms with Crippen molar-refractivity contribution in [3.05, 3.63) is 6.42 Å². The highest BCUT2D eigenvalue weighted by atomic mass is 16.3. The lowest BCUT2D eigenvalue weighted by molar-refractivity contribution is 0.0109. The normalized spacial score (nSPS) is 40.5. The predicted octanol–water partition coefficient (Wildman–Crippen LogP) is 2.42. The molecule has 0 amide bonds. The zero-order valence-electron chi connectivity index (χ0n) is 11.5. The minimum atomic E-state index is -0.485. The van der Waals surface area contributed by atoms with Gasteiger partial charge in [-0.15, -0.1) is 0 Å². The van der Waals surface area contributed by atoms with Crippen molar-refractivity contribution in [2.75, 3.05) is 0 Å². The van der Waals surface area contributed by atoms with Gasteiger partial charge in [0.1, 0.15) is 6.10 Å². The first-order chi connectivity index (χ1) is 9.25. The van der Waals surface area contributed by atoms with Gasteiger partial charge in [-0.3, -0.25) is 0 Å². The molecule has 3 rings (SSSR count). The van der Waals surface area contributed by atoms with Gasteiger partial charge in [-0.2, -0.15) is 0 Å². The number of aliphatic hydroxyl groups is 2. The first kappa shape index (κ1) is 13.5. The third-order valence-electron chi connectivity index (χ3n) is 5.28. The van der Waals surface area contributed by atoms with E-state index in [4.69, 9.17) is 0 Å². The Hall–Kier alpha value is -0.520. The lowest BCUT2D eigenvalue weighted by Gasteiger charge is -2.45. The average molecular weight is 260 g/mol. The lowest BCUT2D eigenvalue weighted by Crippen LogP contribution is -2.43. The zero-order chi connectivity index (χ0) is 13.2. The lowest BCUT2D eigenvalue weighted by atomic mass is 9.60. The molecule has 0 spiro atoms. The van der Waals surface area contributed by atoms with E-state index in [1.54, 1.807) is 0 Å².